The average Bonchev–Trinajstić information content (AvgIpc) is 3.06. The normalized spacial score (nSPS) is 22.1. The van der Waals surface area contributed by atoms with E-state index in [0.29, 0.717) is 33.6 Å². The van der Waals surface area contributed by atoms with Crippen LogP contribution in [0.5, 0.6) is 0 Å². The van der Waals surface area contributed by atoms with Gasteiger partial charge in [-0.2, -0.15) is 0 Å². The number of aryl methyl sites for hydroxylation is 1. The zero-order valence-corrected chi connectivity index (χ0v) is 17.5. The van der Waals surface area contributed by atoms with Crippen molar-refractivity contribution in [2.45, 2.75) is 46.1 Å². The van der Waals surface area contributed by atoms with E-state index in [1.807, 2.05) is 37.3 Å². The van der Waals surface area contributed by atoms with E-state index >= 15 is 0 Å². The number of nitrogens with zero attached hydrogens (tertiary/aromatic N) is 1. The van der Waals surface area contributed by atoms with Gasteiger partial charge in [0.25, 0.3) is 5.91 Å². The molecule has 1 amide bonds. The molecule has 0 spiro atoms. The van der Waals surface area contributed by atoms with E-state index in [9.17, 15) is 4.79 Å². The fraction of sp³-hybridized carbons (Fsp3) is 0.450. The second kappa shape index (κ2) is 8.80. The van der Waals surface area contributed by atoms with Crippen molar-refractivity contribution in [3.8, 4) is 11.3 Å². The van der Waals surface area contributed by atoms with Crippen LogP contribution in [0.2, 0.25) is 0 Å². The van der Waals surface area contributed by atoms with Crippen LogP contribution in [0.15, 0.2) is 30.3 Å². The van der Waals surface area contributed by atoms with Crippen molar-refractivity contribution in [1.82, 2.24) is 21.2 Å². The number of aromatic nitrogens is 1. The molecule has 1 fully saturated rings. The Hall–Kier alpha value is -1.99. The SMILES string of the molecule is Cc1nc(-c2ccccc2)c(C(=O)NNC(=S)N[C@H]2CCC[C@H](C)[C@@H]2C)s1. The Labute approximate surface area is 169 Å². The minimum Gasteiger partial charge on any atom is -0.358 e. The van der Waals surface area contributed by atoms with Crippen molar-refractivity contribution < 1.29 is 4.79 Å². The van der Waals surface area contributed by atoms with E-state index in [4.69, 9.17) is 12.2 Å². The van der Waals surface area contributed by atoms with Crippen molar-refractivity contribution in [2.75, 3.05) is 0 Å². The Morgan fingerprint density at radius 3 is 2.67 bits per heavy atom. The largest absolute Gasteiger partial charge is 0.358 e. The molecule has 27 heavy (non-hydrogen) atoms. The van der Waals surface area contributed by atoms with Gasteiger partial charge < -0.3 is 5.32 Å². The molecule has 1 aliphatic carbocycles. The molecular formula is C20H26N4OS2. The highest BCUT2D eigenvalue weighted by Crippen LogP contribution is 2.29. The van der Waals surface area contributed by atoms with Crippen LogP contribution >= 0.6 is 23.6 Å². The van der Waals surface area contributed by atoms with Crippen LogP contribution in [0.25, 0.3) is 11.3 Å². The van der Waals surface area contributed by atoms with Crippen molar-refractivity contribution in [3.63, 3.8) is 0 Å². The molecule has 0 aliphatic heterocycles. The van der Waals surface area contributed by atoms with Crippen LogP contribution < -0.4 is 16.2 Å². The third kappa shape index (κ3) is 4.84. The lowest BCUT2D eigenvalue weighted by atomic mass is 9.78. The lowest BCUT2D eigenvalue weighted by Crippen LogP contribution is -2.52. The topological polar surface area (TPSA) is 66.0 Å². The first kappa shape index (κ1) is 19.8. The first-order valence-corrected chi connectivity index (χ1v) is 10.6. The standard InChI is InChI=1S/C20H26N4OS2/c1-12-8-7-11-16(13(12)2)22-20(26)24-23-19(25)18-17(21-14(3)27-18)15-9-5-4-6-10-15/h4-6,9-10,12-13,16H,7-8,11H2,1-3H3,(H,23,25)(H2,22,24,26)/t12-,13-,16-/m0/s1. The fourth-order valence-electron chi connectivity index (χ4n) is 3.53. The summed E-state index contributed by atoms with van der Waals surface area (Å²) in [7, 11) is 0. The molecule has 1 aliphatic rings. The quantitative estimate of drug-likeness (QED) is 0.534. The molecule has 2 aromatic rings. The predicted octanol–water partition coefficient (Wildman–Crippen LogP) is 4.05. The predicted molar refractivity (Wildman–Crippen MR) is 115 cm³/mol. The lowest BCUT2D eigenvalue weighted by molar-refractivity contribution is 0.0947. The minimum atomic E-state index is -0.228. The van der Waals surface area contributed by atoms with Crippen LogP contribution in [-0.2, 0) is 0 Å². The van der Waals surface area contributed by atoms with Crippen LogP contribution in [-0.4, -0.2) is 22.0 Å². The Kier molecular flexibility index (Phi) is 6.44. The van der Waals surface area contributed by atoms with E-state index < -0.39 is 0 Å². The van der Waals surface area contributed by atoms with Gasteiger partial charge in [0, 0.05) is 11.6 Å². The van der Waals surface area contributed by atoms with Gasteiger partial charge in [0.1, 0.15) is 4.88 Å². The molecular weight excluding hydrogens is 376 g/mol. The van der Waals surface area contributed by atoms with Crippen LogP contribution in [0.4, 0.5) is 0 Å². The first-order valence-electron chi connectivity index (χ1n) is 9.35. The van der Waals surface area contributed by atoms with E-state index in [-0.39, 0.29) is 5.91 Å². The maximum Gasteiger partial charge on any atom is 0.282 e. The van der Waals surface area contributed by atoms with E-state index in [1.54, 1.807) is 0 Å². The number of carbonyl (C=O) groups excluding carboxylic acids is 1. The van der Waals surface area contributed by atoms with Crippen LogP contribution in [0, 0.1) is 18.8 Å². The number of benzene rings is 1. The zero-order valence-electron chi connectivity index (χ0n) is 15.9. The summed E-state index contributed by atoms with van der Waals surface area (Å²) in [6, 6.07) is 10.1. The number of thiocarbonyl (C=S) groups is 1. The Morgan fingerprint density at radius 1 is 1.19 bits per heavy atom. The highest BCUT2D eigenvalue weighted by atomic mass is 32.1. The van der Waals surface area contributed by atoms with Crippen molar-refractivity contribution >= 4 is 34.6 Å². The molecule has 1 aromatic carbocycles. The first-order chi connectivity index (χ1) is 13.0. The molecule has 0 unspecified atom stereocenters. The third-order valence-electron chi connectivity index (χ3n) is 5.30. The van der Waals surface area contributed by atoms with E-state index in [0.717, 1.165) is 17.0 Å². The van der Waals surface area contributed by atoms with E-state index in [1.165, 1.54) is 24.2 Å². The Bertz CT molecular complexity index is 806. The Morgan fingerprint density at radius 2 is 1.93 bits per heavy atom. The highest BCUT2D eigenvalue weighted by molar-refractivity contribution is 7.80. The smallest absolute Gasteiger partial charge is 0.282 e. The van der Waals surface area contributed by atoms with Gasteiger partial charge in [-0.05, 0) is 37.4 Å². The monoisotopic (exact) mass is 402 g/mol. The molecule has 0 radical (unpaired) electrons. The minimum absolute atomic E-state index is 0.228. The lowest BCUT2D eigenvalue weighted by Gasteiger charge is -2.35. The number of rotatable bonds is 3. The molecule has 1 heterocycles. The number of hydrazine groups is 1. The molecule has 0 saturated heterocycles. The molecule has 3 atom stereocenters. The summed E-state index contributed by atoms with van der Waals surface area (Å²) in [5, 5.41) is 4.66. The van der Waals surface area contributed by atoms with Gasteiger partial charge in [-0.25, -0.2) is 4.98 Å². The van der Waals surface area contributed by atoms with Gasteiger partial charge in [0.2, 0.25) is 0 Å². The van der Waals surface area contributed by atoms with Crippen molar-refractivity contribution in [1.29, 1.82) is 0 Å². The molecule has 1 saturated carbocycles. The number of nitrogens with one attached hydrogen (secondary N) is 3. The van der Waals surface area contributed by atoms with Gasteiger partial charge in [0.15, 0.2) is 5.11 Å². The summed E-state index contributed by atoms with van der Waals surface area (Å²) in [5.41, 5.74) is 7.20. The molecule has 3 N–H and O–H groups in total. The van der Waals surface area contributed by atoms with Crippen LogP contribution in [0.1, 0.15) is 47.8 Å². The molecule has 3 rings (SSSR count). The number of amides is 1. The van der Waals surface area contributed by atoms with Gasteiger partial charge in [-0.3, -0.25) is 15.6 Å². The zero-order chi connectivity index (χ0) is 19.4. The number of thiazole rings is 1. The molecule has 1 aromatic heterocycles. The van der Waals surface area contributed by atoms with Crippen molar-refractivity contribution in [2.24, 2.45) is 11.8 Å². The van der Waals surface area contributed by atoms with Gasteiger partial charge in [-0.1, -0.05) is 57.0 Å². The molecule has 144 valence electrons. The summed E-state index contributed by atoms with van der Waals surface area (Å²) in [6.07, 6.45) is 3.58. The number of hydrogen-bond acceptors (Lipinski definition) is 4. The third-order valence-corrected chi connectivity index (χ3v) is 6.49. The summed E-state index contributed by atoms with van der Waals surface area (Å²) in [6.45, 7) is 6.45. The average molecular weight is 403 g/mol. The summed E-state index contributed by atoms with van der Waals surface area (Å²) in [5.74, 6) is 1.01. The highest BCUT2D eigenvalue weighted by Gasteiger charge is 2.27. The van der Waals surface area contributed by atoms with E-state index in [2.05, 4.69) is 35.0 Å². The summed E-state index contributed by atoms with van der Waals surface area (Å²) in [4.78, 5) is 17.8. The molecule has 5 nitrogen and oxygen atoms in total. The van der Waals surface area contributed by atoms with Crippen LogP contribution in [0.3, 0.4) is 0 Å². The van der Waals surface area contributed by atoms with Gasteiger partial charge in [-0.15, -0.1) is 11.3 Å². The van der Waals surface area contributed by atoms with Gasteiger partial charge >= 0.3 is 0 Å². The molecule has 7 heteroatoms. The Balaban J connectivity index is 1.61. The second-order valence-electron chi connectivity index (χ2n) is 7.20. The molecule has 0 bridgehead atoms. The second-order valence-corrected chi connectivity index (χ2v) is 8.81. The summed E-state index contributed by atoms with van der Waals surface area (Å²) < 4.78 is 0. The number of carbonyl (C=O) groups is 1. The number of hydrogen-bond donors (Lipinski definition) is 3. The summed E-state index contributed by atoms with van der Waals surface area (Å²) >= 11 is 6.76. The van der Waals surface area contributed by atoms with Gasteiger partial charge in [0.05, 0.1) is 10.7 Å². The van der Waals surface area contributed by atoms with Crippen molar-refractivity contribution in [3.05, 3.63) is 40.2 Å². The maximum atomic E-state index is 12.7. The maximum absolute atomic E-state index is 12.7. The fourth-order valence-corrected chi connectivity index (χ4v) is 4.57.